The van der Waals surface area contributed by atoms with Gasteiger partial charge in [0.2, 0.25) is 0 Å². The zero-order valence-electron chi connectivity index (χ0n) is 13.6. The molecule has 0 aliphatic rings. The van der Waals surface area contributed by atoms with Crippen LogP contribution in [-0.2, 0) is 0 Å². The van der Waals surface area contributed by atoms with E-state index in [1.54, 1.807) is 24.3 Å². The zero-order valence-corrected chi connectivity index (χ0v) is 14.3. The van der Waals surface area contributed by atoms with Gasteiger partial charge in [-0.2, -0.15) is 0 Å². The van der Waals surface area contributed by atoms with Gasteiger partial charge in [0.15, 0.2) is 11.2 Å². The van der Waals surface area contributed by atoms with Crippen molar-refractivity contribution in [3.05, 3.63) is 74.1 Å². The number of carbonyl (C=O) groups excluding carboxylic acids is 1. The lowest BCUT2D eigenvalue weighted by Gasteiger charge is -2.09. The molecule has 4 nitrogen and oxygen atoms in total. The Morgan fingerprint density at radius 1 is 1.04 bits per heavy atom. The summed E-state index contributed by atoms with van der Waals surface area (Å²) in [6.07, 6.45) is 0. The van der Waals surface area contributed by atoms with Gasteiger partial charge in [0, 0.05) is 16.8 Å². The molecule has 0 aliphatic carbocycles. The average Bonchev–Trinajstić information content (AvgIpc) is 2.51. The second kappa shape index (κ2) is 6.13. The number of hydrogen-bond donors (Lipinski definition) is 1. The first-order valence-electron chi connectivity index (χ1n) is 7.48. The van der Waals surface area contributed by atoms with Gasteiger partial charge in [-0.25, -0.2) is 0 Å². The summed E-state index contributed by atoms with van der Waals surface area (Å²) < 4.78 is 5.69. The molecule has 2 aromatic carbocycles. The Morgan fingerprint density at radius 3 is 2.54 bits per heavy atom. The smallest absolute Gasteiger partial charge is 0.291 e. The number of aryl methyl sites for hydroxylation is 3. The van der Waals surface area contributed by atoms with Crippen LogP contribution in [0.4, 0.5) is 5.69 Å². The topological polar surface area (TPSA) is 59.3 Å². The third-order valence-corrected chi connectivity index (χ3v) is 4.07. The molecular weight excluding hydrogens is 326 g/mol. The van der Waals surface area contributed by atoms with Crippen LogP contribution in [0, 0.1) is 20.8 Å². The fourth-order valence-corrected chi connectivity index (χ4v) is 2.81. The van der Waals surface area contributed by atoms with Crippen molar-refractivity contribution in [1.82, 2.24) is 0 Å². The Balaban J connectivity index is 2.04. The van der Waals surface area contributed by atoms with E-state index in [9.17, 15) is 9.59 Å². The van der Waals surface area contributed by atoms with Crippen LogP contribution in [0.25, 0.3) is 11.0 Å². The summed E-state index contributed by atoms with van der Waals surface area (Å²) >= 11 is 5.96. The van der Waals surface area contributed by atoms with Crippen LogP contribution in [0.1, 0.15) is 27.2 Å². The molecule has 5 heteroatoms. The normalized spacial score (nSPS) is 10.8. The molecule has 1 N–H and O–H groups in total. The van der Waals surface area contributed by atoms with Crippen molar-refractivity contribution in [2.45, 2.75) is 20.8 Å². The quantitative estimate of drug-likeness (QED) is 0.739. The Kier molecular flexibility index (Phi) is 4.16. The maximum atomic E-state index is 12.5. The summed E-state index contributed by atoms with van der Waals surface area (Å²) in [6, 6.07) is 10.1. The number of halogens is 1. The van der Waals surface area contributed by atoms with Crippen molar-refractivity contribution in [3.8, 4) is 0 Å². The molecule has 24 heavy (non-hydrogen) atoms. The lowest BCUT2D eigenvalue weighted by atomic mass is 10.1. The van der Waals surface area contributed by atoms with Gasteiger partial charge >= 0.3 is 0 Å². The summed E-state index contributed by atoms with van der Waals surface area (Å²) in [7, 11) is 0. The number of benzene rings is 2. The minimum atomic E-state index is -0.487. The van der Waals surface area contributed by atoms with Crippen LogP contribution in [0.3, 0.4) is 0 Å². The summed E-state index contributed by atoms with van der Waals surface area (Å²) in [5.74, 6) is -0.516. The molecule has 0 unspecified atom stereocenters. The monoisotopic (exact) mass is 341 g/mol. The highest BCUT2D eigenvalue weighted by Gasteiger charge is 2.15. The van der Waals surface area contributed by atoms with Crippen LogP contribution in [0.15, 0.2) is 45.6 Å². The molecule has 1 aromatic heterocycles. The first kappa shape index (κ1) is 16.3. The Bertz CT molecular complexity index is 1020. The van der Waals surface area contributed by atoms with Gasteiger partial charge in [-0.3, -0.25) is 9.59 Å². The number of rotatable bonds is 2. The molecule has 0 aliphatic heterocycles. The van der Waals surface area contributed by atoms with E-state index in [0.717, 1.165) is 16.7 Å². The first-order valence-corrected chi connectivity index (χ1v) is 7.85. The van der Waals surface area contributed by atoms with E-state index in [0.29, 0.717) is 21.7 Å². The second-order valence-electron chi connectivity index (χ2n) is 5.85. The van der Waals surface area contributed by atoms with Crippen LogP contribution in [-0.4, -0.2) is 5.91 Å². The predicted octanol–water partition coefficient (Wildman–Crippen LogP) is 4.62. The number of nitrogens with one attached hydrogen (secondary N) is 1. The van der Waals surface area contributed by atoms with Crippen molar-refractivity contribution in [3.63, 3.8) is 0 Å². The Hall–Kier alpha value is -2.59. The van der Waals surface area contributed by atoms with Gasteiger partial charge in [0.1, 0.15) is 5.58 Å². The van der Waals surface area contributed by atoms with Gasteiger partial charge in [0.25, 0.3) is 5.91 Å². The molecule has 3 rings (SSSR count). The summed E-state index contributed by atoms with van der Waals surface area (Å²) in [5, 5.41) is 3.72. The van der Waals surface area contributed by atoms with E-state index in [4.69, 9.17) is 16.0 Å². The molecule has 0 atom stereocenters. The van der Waals surface area contributed by atoms with Crippen molar-refractivity contribution in [1.29, 1.82) is 0 Å². The number of anilines is 1. The minimum absolute atomic E-state index is 0.0289. The van der Waals surface area contributed by atoms with Crippen molar-refractivity contribution in [2.24, 2.45) is 0 Å². The van der Waals surface area contributed by atoms with E-state index in [1.165, 1.54) is 6.07 Å². The zero-order chi connectivity index (χ0) is 17.4. The molecule has 0 fully saturated rings. The number of fused-ring (bicyclic) bond motifs is 1. The lowest BCUT2D eigenvalue weighted by Crippen LogP contribution is -2.15. The molecule has 122 valence electrons. The lowest BCUT2D eigenvalue weighted by molar-refractivity contribution is 0.0997. The SMILES string of the molecule is Cc1cc(C)c2oc(C(=O)Nc3cc(Cl)ccc3C)cc(=O)c2c1. The van der Waals surface area contributed by atoms with E-state index in [-0.39, 0.29) is 11.2 Å². The third-order valence-electron chi connectivity index (χ3n) is 3.83. The maximum absolute atomic E-state index is 12.5. The molecule has 0 spiro atoms. The average molecular weight is 342 g/mol. The highest BCUT2D eigenvalue weighted by molar-refractivity contribution is 6.31. The van der Waals surface area contributed by atoms with Crippen LogP contribution in [0.5, 0.6) is 0 Å². The fraction of sp³-hybridized carbons (Fsp3) is 0.158. The molecule has 0 saturated heterocycles. The standard InChI is InChI=1S/C19H16ClNO3/c1-10-6-12(3)18-14(7-10)16(22)9-17(24-18)19(23)21-15-8-13(20)5-4-11(15)2/h4-9H,1-3H3,(H,21,23). The van der Waals surface area contributed by atoms with Gasteiger partial charge in [-0.15, -0.1) is 0 Å². The van der Waals surface area contributed by atoms with Crippen molar-refractivity contribution in [2.75, 3.05) is 5.32 Å². The summed E-state index contributed by atoms with van der Waals surface area (Å²) in [4.78, 5) is 24.8. The van der Waals surface area contributed by atoms with Gasteiger partial charge in [-0.05, 0) is 55.7 Å². The largest absolute Gasteiger partial charge is 0.450 e. The molecule has 0 radical (unpaired) electrons. The first-order chi connectivity index (χ1) is 11.3. The predicted molar refractivity (Wildman–Crippen MR) is 96.1 cm³/mol. The maximum Gasteiger partial charge on any atom is 0.291 e. The van der Waals surface area contributed by atoms with E-state index in [1.807, 2.05) is 26.8 Å². The number of hydrogen-bond acceptors (Lipinski definition) is 3. The Morgan fingerprint density at radius 2 is 1.79 bits per heavy atom. The molecular formula is C19H16ClNO3. The van der Waals surface area contributed by atoms with E-state index >= 15 is 0 Å². The third kappa shape index (κ3) is 3.05. The molecule has 1 amide bonds. The molecule has 0 saturated carbocycles. The van der Waals surface area contributed by atoms with Crippen LogP contribution < -0.4 is 10.7 Å². The van der Waals surface area contributed by atoms with E-state index in [2.05, 4.69) is 5.32 Å². The molecule has 1 heterocycles. The summed E-state index contributed by atoms with van der Waals surface area (Å²) in [6.45, 7) is 5.62. The van der Waals surface area contributed by atoms with Crippen LogP contribution >= 0.6 is 11.6 Å². The molecule has 0 bridgehead atoms. The van der Waals surface area contributed by atoms with Crippen molar-refractivity contribution < 1.29 is 9.21 Å². The van der Waals surface area contributed by atoms with E-state index < -0.39 is 5.91 Å². The number of carbonyl (C=O) groups is 1. The van der Waals surface area contributed by atoms with Gasteiger partial charge < -0.3 is 9.73 Å². The fourth-order valence-electron chi connectivity index (χ4n) is 2.63. The van der Waals surface area contributed by atoms with Crippen molar-refractivity contribution >= 4 is 34.2 Å². The van der Waals surface area contributed by atoms with Gasteiger partial charge in [-0.1, -0.05) is 23.7 Å². The molecule has 3 aromatic rings. The highest BCUT2D eigenvalue weighted by atomic mass is 35.5. The minimum Gasteiger partial charge on any atom is -0.450 e. The van der Waals surface area contributed by atoms with Gasteiger partial charge in [0.05, 0.1) is 5.39 Å². The Labute approximate surface area is 144 Å². The van der Waals surface area contributed by atoms with Crippen LogP contribution in [0.2, 0.25) is 5.02 Å². The summed E-state index contributed by atoms with van der Waals surface area (Å²) in [5.41, 5.74) is 3.42. The number of amides is 1. The highest BCUT2D eigenvalue weighted by Crippen LogP contribution is 2.22. The second-order valence-corrected chi connectivity index (χ2v) is 6.28.